The van der Waals surface area contributed by atoms with Crippen LogP contribution in [0.3, 0.4) is 0 Å². The smallest absolute Gasteiger partial charge is 0.366 e. The van der Waals surface area contributed by atoms with Crippen LogP contribution in [0.5, 0.6) is 0 Å². The van der Waals surface area contributed by atoms with Crippen LogP contribution in [0.1, 0.15) is 10.5 Å². The fourth-order valence-electron chi connectivity index (χ4n) is 0.456. The first-order valence-corrected chi connectivity index (χ1v) is 2.65. The van der Waals surface area contributed by atoms with Crippen molar-refractivity contribution in [2.24, 2.45) is 0 Å². The summed E-state index contributed by atoms with van der Waals surface area (Å²) >= 11 is 0. The number of ether oxygens (including phenoxy) is 1. The molecule has 0 bridgehead atoms. The first-order valence-electron chi connectivity index (χ1n) is 2.65. The van der Waals surface area contributed by atoms with Crippen molar-refractivity contribution in [3.8, 4) is 0 Å². The summed E-state index contributed by atoms with van der Waals surface area (Å²) in [6.45, 7) is 0. The number of carbonyl (C=O) groups is 1. The summed E-state index contributed by atoms with van der Waals surface area (Å²) < 4.78 is 8.58. The molecule has 0 spiro atoms. The van der Waals surface area contributed by atoms with Crippen LogP contribution in [-0.2, 0) is 9.53 Å². The van der Waals surface area contributed by atoms with Gasteiger partial charge in [-0.3, -0.25) is 0 Å². The minimum Gasteiger partial charge on any atom is -0.418 e. The second-order valence-corrected chi connectivity index (χ2v) is 1.53. The van der Waals surface area contributed by atoms with Gasteiger partial charge in [-0.25, -0.2) is 9.59 Å². The van der Waals surface area contributed by atoms with Gasteiger partial charge in [0.25, 0.3) is 0 Å². The maximum atomic E-state index is 10.7. The minimum atomic E-state index is -0.748. The lowest BCUT2D eigenvalue weighted by Crippen LogP contribution is -2.00. The van der Waals surface area contributed by atoms with Crippen LogP contribution in [0.15, 0.2) is 23.1 Å². The largest absolute Gasteiger partial charge is 0.418 e. The van der Waals surface area contributed by atoms with Crippen molar-refractivity contribution >= 4 is 11.9 Å². The number of hydrogen-bond acceptors (Lipinski definition) is 5. The van der Waals surface area contributed by atoms with Gasteiger partial charge in [-0.1, -0.05) is 5.16 Å². The van der Waals surface area contributed by atoms with Gasteiger partial charge in [0.2, 0.25) is 0 Å². The van der Waals surface area contributed by atoms with Crippen LogP contribution < -0.4 is 0 Å². The van der Waals surface area contributed by atoms with Crippen LogP contribution >= 0.6 is 0 Å². The topological polar surface area (TPSA) is 69.4 Å². The molecule has 0 N–H and O–H groups in total. The third-order valence-electron chi connectivity index (χ3n) is 0.861. The van der Waals surface area contributed by atoms with E-state index in [9.17, 15) is 9.59 Å². The number of aromatic nitrogens is 1. The van der Waals surface area contributed by atoms with E-state index >= 15 is 0 Å². The van der Waals surface area contributed by atoms with Crippen LogP contribution in [-0.4, -0.2) is 17.1 Å². The number of nitrogens with zero attached hydrogens (tertiary/aromatic N) is 1. The van der Waals surface area contributed by atoms with Gasteiger partial charge in [-0.2, -0.15) is 0 Å². The molecule has 0 aliphatic heterocycles. The van der Waals surface area contributed by atoms with Gasteiger partial charge in [0.1, 0.15) is 6.26 Å². The van der Waals surface area contributed by atoms with E-state index < -0.39 is 5.97 Å². The molecule has 0 unspecified atom stereocenters. The Hall–Kier alpha value is -1.87. The summed E-state index contributed by atoms with van der Waals surface area (Å²) in [7, 11) is 0. The van der Waals surface area contributed by atoms with Gasteiger partial charge in [0.15, 0.2) is 17.9 Å². The zero-order chi connectivity index (χ0) is 8.10. The maximum absolute atomic E-state index is 10.7. The van der Waals surface area contributed by atoms with E-state index in [1.54, 1.807) is 0 Å². The van der Waals surface area contributed by atoms with E-state index in [4.69, 9.17) is 0 Å². The summed E-state index contributed by atoms with van der Waals surface area (Å²) in [6.07, 6.45) is 1.83. The monoisotopic (exact) mass is 153 g/mol. The Bertz CT molecular complexity index is 284. The summed E-state index contributed by atoms with van der Waals surface area (Å²) in [6, 6.07) is 1.32. The third-order valence-corrected chi connectivity index (χ3v) is 0.861. The molecular weight excluding hydrogens is 150 g/mol. The quantitative estimate of drug-likeness (QED) is 0.344. The van der Waals surface area contributed by atoms with Gasteiger partial charge in [-0.15, -0.1) is 0 Å². The first-order chi connectivity index (χ1) is 5.34. The molecule has 0 aliphatic rings. The zero-order valence-electron chi connectivity index (χ0n) is 5.31. The molecule has 0 amide bonds. The van der Waals surface area contributed by atoms with Crippen LogP contribution in [0.25, 0.3) is 0 Å². The van der Waals surface area contributed by atoms with Crippen molar-refractivity contribution in [1.82, 2.24) is 5.16 Å². The molecule has 11 heavy (non-hydrogen) atoms. The average Bonchev–Trinajstić information content (AvgIpc) is 2.52. The summed E-state index contributed by atoms with van der Waals surface area (Å²) in [5.41, 5.74) is 0.0106. The Balaban J connectivity index is 2.63. The molecule has 0 aliphatic carbocycles. The molecular formula is C6H3NO4. The van der Waals surface area contributed by atoms with Gasteiger partial charge in [0, 0.05) is 6.07 Å². The van der Waals surface area contributed by atoms with Crippen molar-refractivity contribution in [2.45, 2.75) is 0 Å². The number of hydrogen-bond donors (Lipinski definition) is 0. The predicted octanol–water partition coefficient (Wildman–Crippen LogP) is 0.177. The second kappa shape index (κ2) is 3.34. The molecule has 1 heterocycles. The van der Waals surface area contributed by atoms with Crippen LogP contribution in [0.4, 0.5) is 0 Å². The lowest BCUT2D eigenvalue weighted by Gasteiger charge is -1.88. The van der Waals surface area contributed by atoms with E-state index in [1.807, 2.05) is 0 Å². The van der Waals surface area contributed by atoms with Gasteiger partial charge in [-0.05, 0) is 0 Å². The predicted molar refractivity (Wildman–Crippen MR) is 32.2 cm³/mol. The fourth-order valence-corrected chi connectivity index (χ4v) is 0.456. The number of rotatable bonds is 2. The Labute approximate surface area is 61.2 Å². The maximum Gasteiger partial charge on any atom is 0.366 e. The molecule has 0 saturated carbocycles. The molecule has 0 aromatic carbocycles. The molecule has 0 atom stereocenters. The summed E-state index contributed by atoms with van der Waals surface area (Å²) in [4.78, 5) is 20.3. The Morgan fingerprint density at radius 2 is 2.64 bits per heavy atom. The van der Waals surface area contributed by atoms with Crippen molar-refractivity contribution in [3.05, 3.63) is 24.3 Å². The van der Waals surface area contributed by atoms with Crippen LogP contribution in [0, 0.1) is 0 Å². The number of carbonyl (C=O) groups excluding carboxylic acids is 2. The van der Waals surface area contributed by atoms with E-state index in [2.05, 4.69) is 14.4 Å². The molecule has 5 heteroatoms. The van der Waals surface area contributed by atoms with Crippen molar-refractivity contribution < 1.29 is 18.8 Å². The molecule has 1 rings (SSSR count). The highest BCUT2D eigenvalue weighted by Gasteiger charge is 2.08. The normalized spacial score (nSPS) is 8.36. The lowest BCUT2D eigenvalue weighted by molar-refractivity contribution is 0.0654. The Morgan fingerprint density at radius 1 is 1.82 bits per heavy atom. The lowest BCUT2D eigenvalue weighted by atomic mass is 10.4. The SMILES string of the molecule is O=C=COC(=O)c1ccon1. The van der Waals surface area contributed by atoms with Gasteiger partial charge >= 0.3 is 5.97 Å². The van der Waals surface area contributed by atoms with E-state index in [-0.39, 0.29) is 5.69 Å². The highest BCUT2D eigenvalue weighted by atomic mass is 16.5. The molecule has 5 nitrogen and oxygen atoms in total. The van der Waals surface area contributed by atoms with Crippen molar-refractivity contribution in [2.75, 3.05) is 0 Å². The second-order valence-electron chi connectivity index (χ2n) is 1.53. The third kappa shape index (κ3) is 1.77. The number of esters is 1. The van der Waals surface area contributed by atoms with E-state index in [0.29, 0.717) is 6.26 Å². The summed E-state index contributed by atoms with van der Waals surface area (Å²) in [5.74, 6) is 0.536. The van der Waals surface area contributed by atoms with Crippen LogP contribution in [0.2, 0.25) is 0 Å². The average molecular weight is 153 g/mol. The molecule has 0 saturated heterocycles. The first kappa shape index (κ1) is 7.24. The van der Waals surface area contributed by atoms with Crippen molar-refractivity contribution in [1.29, 1.82) is 0 Å². The Kier molecular flexibility index (Phi) is 2.20. The fraction of sp³-hybridized carbons (Fsp3) is 0. The van der Waals surface area contributed by atoms with Crippen molar-refractivity contribution in [3.63, 3.8) is 0 Å². The highest BCUT2D eigenvalue weighted by Crippen LogP contribution is 1.96. The highest BCUT2D eigenvalue weighted by molar-refractivity contribution is 5.87. The molecule has 0 fully saturated rings. The van der Waals surface area contributed by atoms with Gasteiger partial charge < -0.3 is 9.26 Å². The van der Waals surface area contributed by atoms with Gasteiger partial charge in [0.05, 0.1) is 0 Å². The molecule has 1 aromatic heterocycles. The van der Waals surface area contributed by atoms with E-state index in [0.717, 1.165) is 0 Å². The molecule has 56 valence electrons. The Morgan fingerprint density at radius 3 is 3.18 bits per heavy atom. The van der Waals surface area contributed by atoms with E-state index in [1.165, 1.54) is 18.3 Å². The molecule has 1 aromatic rings. The standard InChI is InChI=1S/C6H3NO4/c8-2-4-10-6(9)5-1-3-11-7-5/h1,3-4H. The summed E-state index contributed by atoms with van der Waals surface area (Å²) in [5, 5.41) is 3.27. The zero-order valence-corrected chi connectivity index (χ0v) is 5.31. The molecule has 0 radical (unpaired) electrons. The minimum absolute atomic E-state index is 0.0106.